The van der Waals surface area contributed by atoms with Crippen LogP contribution in [0.25, 0.3) is 10.9 Å². The second-order valence-corrected chi connectivity index (χ2v) is 12.8. The molecule has 228 valence electrons. The Morgan fingerprint density at radius 2 is 1.64 bits per heavy atom. The number of benzene rings is 2. The highest BCUT2D eigenvalue weighted by Crippen LogP contribution is 2.31. The summed E-state index contributed by atoms with van der Waals surface area (Å²) in [6, 6.07) is 12.9. The molecule has 2 saturated heterocycles. The number of aromatic nitrogens is 1. The predicted octanol–water partition coefficient (Wildman–Crippen LogP) is 6.39. The van der Waals surface area contributed by atoms with Crippen molar-refractivity contribution in [3.8, 4) is 0 Å². The minimum absolute atomic E-state index is 0.207. The largest absolute Gasteiger partial charge is 0.481 e. The molecule has 0 saturated carbocycles. The summed E-state index contributed by atoms with van der Waals surface area (Å²) in [4.78, 5) is 21.1. The third kappa shape index (κ3) is 7.29. The number of hydrogen-bond acceptors (Lipinski definition) is 4. The van der Waals surface area contributed by atoms with Gasteiger partial charge in [0.15, 0.2) is 0 Å². The van der Waals surface area contributed by atoms with Gasteiger partial charge in [0.25, 0.3) is 0 Å². The molecular weight excluding hydrogens is 541 g/mol. The molecule has 6 rings (SSSR count). The number of likely N-dealkylation sites (tertiary alicyclic amines) is 1. The number of anilines is 1. The van der Waals surface area contributed by atoms with Crippen LogP contribution in [-0.4, -0.2) is 76.3 Å². The third-order valence-electron chi connectivity index (χ3n) is 9.04. The molecule has 3 aromatic rings. The zero-order valence-corrected chi connectivity index (χ0v) is 24.9. The lowest BCUT2D eigenvalue weighted by atomic mass is 9.93. The monoisotopic (exact) mass is 584 g/mol. The van der Waals surface area contributed by atoms with Crippen molar-refractivity contribution in [1.29, 1.82) is 0 Å². The first-order chi connectivity index (χ1) is 20.0. The topological polar surface area (TPSA) is 62.8 Å². The van der Waals surface area contributed by atoms with Crippen LogP contribution in [0.4, 0.5) is 18.9 Å². The van der Waals surface area contributed by atoms with Crippen molar-refractivity contribution >= 4 is 22.6 Å². The van der Waals surface area contributed by atoms with Gasteiger partial charge in [-0.3, -0.25) is 9.69 Å². The number of halogens is 3. The smallest absolute Gasteiger partial charge is 0.306 e. The summed E-state index contributed by atoms with van der Waals surface area (Å²) in [6.07, 6.45) is 4.30. The highest BCUT2D eigenvalue weighted by molar-refractivity contribution is 5.84. The van der Waals surface area contributed by atoms with Crippen LogP contribution in [0.5, 0.6) is 0 Å². The lowest BCUT2D eigenvalue weighted by Crippen LogP contribution is -2.48. The van der Waals surface area contributed by atoms with Crippen LogP contribution >= 0.6 is 0 Å². The number of para-hydroxylation sites is 1. The van der Waals surface area contributed by atoms with E-state index in [1.54, 1.807) is 13.8 Å². The Labute approximate surface area is 246 Å². The van der Waals surface area contributed by atoms with E-state index < -0.39 is 23.3 Å². The zero-order valence-electron chi connectivity index (χ0n) is 24.9. The second-order valence-electron chi connectivity index (χ2n) is 12.8. The molecule has 42 heavy (non-hydrogen) atoms. The fourth-order valence-electron chi connectivity index (χ4n) is 6.82. The van der Waals surface area contributed by atoms with E-state index in [1.165, 1.54) is 34.3 Å². The van der Waals surface area contributed by atoms with Crippen LogP contribution in [-0.2, 0) is 17.8 Å². The van der Waals surface area contributed by atoms with Crippen molar-refractivity contribution in [2.75, 3.05) is 37.6 Å². The Hall–Kier alpha value is -3.04. The van der Waals surface area contributed by atoms with Gasteiger partial charge in [0.2, 0.25) is 0 Å². The molecule has 2 aromatic carbocycles. The van der Waals surface area contributed by atoms with Crippen LogP contribution in [0.3, 0.4) is 0 Å². The molecule has 4 heterocycles. The summed E-state index contributed by atoms with van der Waals surface area (Å²) in [5.41, 5.74) is 3.32. The number of aromatic amines is 1. The molecule has 6 nitrogen and oxygen atoms in total. The van der Waals surface area contributed by atoms with Gasteiger partial charge in [-0.15, -0.1) is 0 Å². The van der Waals surface area contributed by atoms with Gasteiger partial charge in [-0.25, -0.2) is 13.2 Å². The number of alkyl halides is 1. The van der Waals surface area contributed by atoms with E-state index in [4.69, 9.17) is 5.11 Å². The highest BCUT2D eigenvalue weighted by Gasteiger charge is 2.31. The van der Waals surface area contributed by atoms with E-state index in [1.807, 2.05) is 4.90 Å². The number of aliphatic carboxylic acids is 1. The summed E-state index contributed by atoms with van der Waals surface area (Å²) in [5, 5.41) is 10.4. The lowest BCUT2D eigenvalue weighted by molar-refractivity contribution is -0.143. The number of piperidine rings is 2. The molecule has 1 aromatic heterocycles. The zero-order chi connectivity index (χ0) is 30.0. The SMILES string of the molecule is CC1Cc2c([nH]c3ccccc23)CN1CC(C)(C)F.O=C(O)C1CCN(C2CCN(c3cc(F)cc(F)c3)CC2)CC1. The Balaban J connectivity index is 0.000000171. The Bertz CT molecular complexity index is 1350. The number of carboxylic acids is 1. The number of fused-ring (bicyclic) bond motifs is 3. The van der Waals surface area contributed by atoms with E-state index in [0.717, 1.165) is 58.1 Å². The summed E-state index contributed by atoms with van der Waals surface area (Å²) in [5.74, 6) is -1.98. The summed E-state index contributed by atoms with van der Waals surface area (Å²) in [6.45, 7) is 10.0. The molecule has 2 fully saturated rings. The van der Waals surface area contributed by atoms with Crippen molar-refractivity contribution in [2.45, 2.75) is 77.2 Å². The average Bonchev–Trinajstić information content (AvgIpc) is 3.29. The molecule has 1 unspecified atom stereocenters. The van der Waals surface area contributed by atoms with E-state index in [9.17, 15) is 18.0 Å². The number of nitrogens with zero attached hydrogens (tertiary/aromatic N) is 3. The van der Waals surface area contributed by atoms with Crippen molar-refractivity contribution in [3.05, 3.63) is 65.4 Å². The summed E-state index contributed by atoms with van der Waals surface area (Å²) in [7, 11) is 0. The first-order valence-electron chi connectivity index (χ1n) is 15.2. The molecule has 0 bridgehead atoms. The van der Waals surface area contributed by atoms with E-state index in [-0.39, 0.29) is 5.92 Å². The Morgan fingerprint density at radius 3 is 2.26 bits per heavy atom. The first kappa shape index (κ1) is 30.4. The van der Waals surface area contributed by atoms with E-state index in [0.29, 0.717) is 37.2 Å². The predicted molar refractivity (Wildman–Crippen MR) is 161 cm³/mol. The Kier molecular flexibility index (Phi) is 9.18. The van der Waals surface area contributed by atoms with Gasteiger partial charge in [-0.1, -0.05) is 18.2 Å². The Morgan fingerprint density at radius 1 is 1.00 bits per heavy atom. The van der Waals surface area contributed by atoms with Gasteiger partial charge in [-0.2, -0.15) is 0 Å². The van der Waals surface area contributed by atoms with Gasteiger partial charge in [0.05, 0.1) is 5.92 Å². The number of carbonyl (C=O) groups is 1. The average molecular weight is 585 g/mol. The first-order valence-corrected chi connectivity index (χ1v) is 15.2. The fraction of sp³-hybridized carbons (Fsp3) is 0.545. The van der Waals surface area contributed by atoms with Crippen LogP contribution < -0.4 is 4.90 Å². The van der Waals surface area contributed by atoms with Gasteiger partial charge >= 0.3 is 5.97 Å². The van der Waals surface area contributed by atoms with Crippen molar-refractivity contribution in [2.24, 2.45) is 5.92 Å². The molecular formula is C33H43F3N4O2. The minimum Gasteiger partial charge on any atom is -0.481 e. The van der Waals surface area contributed by atoms with Crippen molar-refractivity contribution < 1.29 is 23.1 Å². The maximum Gasteiger partial charge on any atom is 0.306 e. The van der Waals surface area contributed by atoms with Gasteiger partial charge in [0.1, 0.15) is 17.3 Å². The number of H-pyrrole nitrogens is 1. The summed E-state index contributed by atoms with van der Waals surface area (Å²) >= 11 is 0. The molecule has 0 amide bonds. The van der Waals surface area contributed by atoms with E-state index in [2.05, 4.69) is 46.0 Å². The standard InChI is InChI=1S/C17H22F2N2O2.C16H21FN2/c18-13-9-14(19)11-16(10-13)21-7-3-15(4-8-21)20-5-1-12(2-6-20)17(22)23;1-11-8-13-12-6-4-5-7-14(12)18-15(13)9-19(11)10-16(2,3)17/h9-12,15H,1-8H2,(H,22,23);4-7,11,18H,8-10H2,1-3H3. The molecule has 3 aliphatic rings. The maximum atomic E-state index is 13.9. The van der Waals surface area contributed by atoms with Gasteiger partial charge < -0.3 is 19.9 Å². The number of carboxylic acid groups (broad SMARTS) is 1. The number of rotatable bonds is 5. The van der Waals surface area contributed by atoms with Crippen LogP contribution in [0.2, 0.25) is 0 Å². The molecule has 0 aliphatic carbocycles. The minimum atomic E-state index is -1.14. The van der Waals surface area contributed by atoms with Crippen LogP contribution in [0.1, 0.15) is 57.7 Å². The quantitative estimate of drug-likeness (QED) is 0.364. The second kappa shape index (κ2) is 12.7. The highest BCUT2D eigenvalue weighted by atomic mass is 19.1. The van der Waals surface area contributed by atoms with Gasteiger partial charge in [0, 0.05) is 66.6 Å². The molecule has 0 spiro atoms. The fourth-order valence-corrected chi connectivity index (χ4v) is 6.82. The number of nitrogens with one attached hydrogen (secondary N) is 1. The third-order valence-corrected chi connectivity index (χ3v) is 9.04. The molecule has 9 heteroatoms. The molecule has 2 N–H and O–H groups in total. The van der Waals surface area contributed by atoms with Crippen LogP contribution in [0.15, 0.2) is 42.5 Å². The van der Waals surface area contributed by atoms with Crippen molar-refractivity contribution in [1.82, 2.24) is 14.8 Å². The van der Waals surface area contributed by atoms with Crippen molar-refractivity contribution in [3.63, 3.8) is 0 Å². The van der Waals surface area contributed by atoms with E-state index >= 15 is 0 Å². The molecule has 3 aliphatic heterocycles. The molecule has 0 radical (unpaired) electrons. The molecule has 1 atom stereocenters. The summed E-state index contributed by atoms with van der Waals surface area (Å²) < 4.78 is 40.5. The normalized spacial score (nSPS) is 21.2. The number of hydrogen-bond donors (Lipinski definition) is 2. The maximum absolute atomic E-state index is 13.9. The van der Waals surface area contributed by atoms with Gasteiger partial charge in [-0.05, 0) is 89.7 Å². The van der Waals surface area contributed by atoms with Crippen LogP contribution in [0, 0.1) is 17.6 Å². The lowest BCUT2D eigenvalue weighted by Gasteiger charge is -2.41.